The fraction of sp³-hybridized carbons (Fsp3) is 0.375. The van der Waals surface area contributed by atoms with Crippen LogP contribution in [0.1, 0.15) is 23.4 Å². The molecule has 2 rings (SSSR count). The number of nitrogens with zero attached hydrogens (tertiary/aromatic N) is 1. The fourth-order valence-corrected chi connectivity index (χ4v) is 3.13. The summed E-state index contributed by atoms with van der Waals surface area (Å²) in [7, 11) is 2.16. The van der Waals surface area contributed by atoms with Crippen LogP contribution in [-0.2, 0) is 6.54 Å². The summed E-state index contributed by atoms with van der Waals surface area (Å²) in [6.07, 6.45) is 0. The van der Waals surface area contributed by atoms with E-state index in [2.05, 4.69) is 60.6 Å². The Morgan fingerprint density at radius 3 is 2.53 bits per heavy atom. The molecule has 0 aliphatic carbocycles. The van der Waals surface area contributed by atoms with Gasteiger partial charge in [-0.05, 0) is 30.0 Å². The van der Waals surface area contributed by atoms with E-state index in [1.165, 1.54) is 10.4 Å². The van der Waals surface area contributed by atoms with E-state index in [1.54, 1.807) is 0 Å². The predicted octanol–water partition coefficient (Wildman–Crippen LogP) is 3.52. The van der Waals surface area contributed by atoms with Gasteiger partial charge in [0.15, 0.2) is 0 Å². The van der Waals surface area contributed by atoms with Gasteiger partial charge in [-0.15, -0.1) is 11.3 Å². The van der Waals surface area contributed by atoms with E-state index < -0.39 is 0 Å². The summed E-state index contributed by atoms with van der Waals surface area (Å²) in [5, 5.41) is 2.13. The molecule has 0 aliphatic rings. The van der Waals surface area contributed by atoms with Gasteiger partial charge in [-0.1, -0.05) is 43.3 Å². The molecule has 2 unspecified atom stereocenters. The second-order valence-corrected chi connectivity index (χ2v) is 6.22. The second kappa shape index (κ2) is 6.85. The Morgan fingerprint density at radius 1 is 1.16 bits per heavy atom. The highest BCUT2D eigenvalue weighted by molar-refractivity contribution is 7.09. The number of hydrogen-bond donors (Lipinski definition) is 1. The molecule has 0 radical (unpaired) electrons. The van der Waals surface area contributed by atoms with Crippen molar-refractivity contribution in [1.82, 2.24) is 4.90 Å². The quantitative estimate of drug-likeness (QED) is 0.873. The molecule has 19 heavy (non-hydrogen) atoms. The molecule has 0 fully saturated rings. The van der Waals surface area contributed by atoms with Crippen molar-refractivity contribution >= 4 is 11.3 Å². The standard InChI is InChI=1S/C16H22N2S/c1-13(16(17)14-7-4-3-5-8-14)11-18(2)12-15-9-6-10-19-15/h3-10,13,16H,11-12,17H2,1-2H3. The molecule has 1 aromatic carbocycles. The molecule has 0 aliphatic heterocycles. The van der Waals surface area contributed by atoms with Crippen molar-refractivity contribution in [3.05, 3.63) is 58.3 Å². The van der Waals surface area contributed by atoms with E-state index in [1.807, 2.05) is 17.4 Å². The SMILES string of the molecule is CC(CN(C)Cc1cccs1)C(N)c1ccccc1. The smallest absolute Gasteiger partial charge is 0.0333 e. The first-order chi connectivity index (χ1) is 9.16. The minimum Gasteiger partial charge on any atom is -0.324 e. The van der Waals surface area contributed by atoms with Crippen molar-refractivity contribution < 1.29 is 0 Å². The minimum absolute atomic E-state index is 0.104. The lowest BCUT2D eigenvalue weighted by molar-refractivity contribution is 0.259. The summed E-state index contributed by atoms with van der Waals surface area (Å²) in [5.41, 5.74) is 7.56. The molecule has 0 amide bonds. The number of nitrogens with two attached hydrogens (primary N) is 1. The molecule has 102 valence electrons. The lowest BCUT2D eigenvalue weighted by Gasteiger charge is -2.25. The highest BCUT2D eigenvalue weighted by atomic mass is 32.1. The Kier molecular flexibility index (Phi) is 5.14. The van der Waals surface area contributed by atoms with Crippen LogP contribution in [0.25, 0.3) is 0 Å². The number of rotatable bonds is 6. The minimum atomic E-state index is 0.104. The van der Waals surface area contributed by atoms with Crippen molar-refractivity contribution in [1.29, 1.82) is 0 Å². The molecule has 1 heterocycles. The second-order valence-electron chi connectivity index (χ2n) is 5.19. The Morgan fingerprint density at radius 2 is 1.89 bits per heavy atom. The Labute approximate surface area is 119 Å². The predicted molar refractivity (Wildman–Crippen MR) is 83.2 cm³/mol. The molecular weight excluding hydrogens is 252 g/mol. The normalized spacial score (nSPS) is 14.5. The third kappa shape index (κ3) is 4.16. The topological polar surface area (TPSA) is 29.3 Å². The third-order valence-corrected chi connectivity index (χ3v) is 4.26. The zero-order valence-corrected chi connectivity index (χ0v) is 12.4. The molecule has 2 aromatic rings. The summed E-state index contributed by atoms with van der Waals surface area (Å²) >= 11 is 1.81. The lowest BCUT2D eigenvalue weighted by Crippen LogP contribution is -2.30. The maximum Gasteiger partial charge on any atom is 0.0333 e. The molecule has 0 bridgehead atoms. The molecule has 0 saturated heterocycles. The molecule has 2 atom stereocenters. The molecular formula is C16H22N2S. The van der Waals surface area contributed by atoms with Crippen LogP contribution in [0.2, 0.25) is 0 Å². The number of hydrogen-bond acceptors (Lipinski definition) is 3. The Bertz CT molecular complexity index is 467. The van der Waals surface area contributed by atoms with Gasteiger partial charge in [0.25, 0.3) is 0 Å². The summed E-state index contributed by atoms with van der Waals surface area (Å²) in [6, 6.07) is 14.8. The zero-order valence-electron chi connectivity index (χ0n) is 11.6. The van der Waals surface area contributed by atoms with Crippen LogP contribution in [0.4, 0.5) is 0 Å². The first-order valence-electron chi connectivity index (χ1n) is 6.68. The van der Waals surface area contributed by atoms with E-state index in [0.717, 1.165) is 13.1 Å². The van der Waals surface area contributed by atoms with Crippen LogP contribution >= 0.6 is 11.3 Å². The van der Waals surface area contributed by atoms with E-state index >= 15 is 0 Å². The van der Waals surface area contributed by atoms with E-state index in [-0.39, 0.29) is 6.04 Å². The van der Waals surface area contributed by atoms with Crippen LogP contribution in [0.5, 0.6) is 0 Å². The largest absolute Gasteiger partial charge is 0.324 e. The highest BCUT2D eigenvalue weighted by Crippen LogP contribution is 2.20. The zero-order chi connectivity index (χ0) is 13.7. The lowest BCUT2D eigenvalue weighted by atomic mass is 9.95. The maximum atomic E-state index is 6.34. The molecule has 2 N–H and O–H groups in total. The van der Waals surface area contributed by atoms with Crippen LogP contribution in [0, 0.1) is 5.92 Å². The van der Waals surface area contributed by atoms with Gasteiger partial charge in [0.2, 0.25) is 0 Å². The van der Waals surface area contributed by atoms with Crippen molar-refractivity contribution in [3.63, 3.8) is 0 Å². The number of thiophene rings is 1. The summed E-state index contributed by atoms with van der Waals surface area (Å²) < 4.78 is 0. The van der Waals surface area contributed by atoms with Gasteiger partial charge in [-0.2, -0.15) is 0 Å². The van der Waals surface area contributed by atoms with E-state index in [4.69, 9.17) is 5.73 Å². The monoisotopic (exact) mass is 274 g/mol. The van der Waals surface area contributed by atoms with Gasteiger partial charge in [0.1, 0.15) is 0 Å². The average Bonchev–Trinajstić information content (AvgIpc) is 2.91. The summed E-state index contributed by atoms with van der Waals surface area (Å²) in [5.74, 6) is 0.437. The third-order valence-electron chi connectivity index (χ3n) is 3.40. The maximum absolute atomic E-state index is 6.34. The first-order valence-corrected chi connectivity index (χ1v) is 7.56. The van der Waals surface area contributed by atoms with Crippen molar-refractivity contribution in [2.24, 2.45) is 11.7 Å². The highest BCUT2D eigenvalue weighted by Gasteiger charge is 2.16. The van der Waals surface area contributed by atoms with Gasteiger partial charge < -0.3 is 10.6 Å². The van der Waals surface area contributed by atoms with Crippen LogP contribution in [-0.4, -0.2) is 18.5 Å². The van der Waals surface area contributed by atoms with Crippen molar-refractivity contribution in [2.45, 2.75) is 19.5 Å². The Balaban J connectivity index is 1.88. The molecule has 0 spiro atoms. The average molecular weight is 274 g/mol. The van der Waals surface area contributed by atoms with Gasteiger partial charge in [0.05, 0.1) is 0 Å². The first kappa shape index (κ1) is 14.3. The van der Waals surface area contributed by atoms with Gasteiger partial charge >= 0.3 is 0 Å². The Hall–Kier alpha value is -1.16. The molecule has 3 heteroatoms. The fourth-order valence-electron chi connectivity index (χ4n) is 2.34. The van der Waals surface area contributed by atoms with Crippen molar-refractivity contribution in [3.8, 4) is 0 Å². The van der Waals surface area contributed by atoms with Crippen LogP contribution in [0.15, 0.2) is 47.8 Å². The molecule has 0 saturated carbocycles. The van der Waals surface area contributed by atoms with Gasteiger partial charge in [-0.3, -0.25) is 0 Å². The molecule has 2 nitrogen and oxygen atoms in total. The van der Waals surface area contributed by atoms with Crippen LogP contribution < -0.4 is 5.73 Å². The van der Waals surface area contributed by atoms with E-state index in [0.29, 0.717) is 5.92 Å². The van der Waals surface area contributed by atoms with Gasteiger partial charge in [-0.25, -0.2) is 0 Å². The summed E-state index contributed by atoms with van der Waals surface area (Å²) in [4.78, 5) is 3.75. The van der Waals surface area contributed by atoms with Gasteiger partial charge in [0, 0.05) is 24.0 Å². The molecule has 1 aromatic heterocycles. The van der Waals surface area contributed by atoms with Crippen molar-refractivity contribution in [2.75, 3.05) is 13.6 Å². The number of benzene rings is 1. The summed E-state index contributed by atoms with van der Waals surface area (Å²) in [6.45, 7) is 4.24. The van der Waals surface area contributed by atoms with Crippen LogP contribution in [0.3, 0.4) is 0 Å². The van der Waals surface area contributed by atoms with E-state index in [9.17, 15) is 0 Å².